The van der Waals surface area contributed by atoms with Gasteiger partial charge in [-0.1, -0.05) is 30.4 Å². The third kappa shape index (κ3) is 3.44. The number of hydrogen-bond acceptors (Lipinski definition) is 4. The highest BCUT2D eigenvalue weighted by molar-refractivity contribution is 7.98. The molecular weight excluding hydrogens is 288 g/mol. The molecule has 4 nitrogen and oxygen atoms in total. The first kappa shape index (κ1) is 15.4. The average Bonchev–Trinajstić information content (AvgIpc) is 2.35. The second-order valence-electron chi connectivity index (χ2n) is 3.68. The highest BCUT2D eigenvalue weighted by atomic mass is 32.2. The van der Waals surface area contributed by atoms with E-state index in [1.54, 1.807) is 37.0 Å². The van der Waals surface area contributed by atoms with Gasteiger partial charge in [-0.15, -0.1) is 0 Å². The molecule has 0 radical (unpaired) electrons. The first-order valence-corrected chi connectivity index (χ1v) is 8.49. The van der Waals surface area contributed by atoms with E-state index in [9.17, 15) is 8.42 Å². The summed E-state index contributed by atoms with van der Waals surface area (Å²) in [6.07, 6.45) is 1.93. The molecule has 1 rings (SSSR count). The number of thioether (sulfide) groups is 1. The Bertz CT molecular complexity index is 529. The van der Waals surface area contributed by atoms with Gasteiger partial charge in [0.1, 0.15) is 4.99 Å². The molecule has 0 atom stereocenters. The Balaban J connectivity index is 3.16. The van der Waals surface area contributed by atoms with Crippen molar-refractivity contribution in [2.24, 2.45) is 5.73 Å². The van der Waals surface area contributed by atoms with Crippen LogP contribution in [-0.2, 0) is 10.0 Å². The summed E-state index contributed by atoms with van der Waals surface area (Å²) < 4.78 is 26.0. The summed E-state index contributed by atoms with van der Waals surface area (Å²) in [7, 11) is -1.98. The van der Waals surface area contributed by atoms with Gasteiger partial charge in [-0.2, -0.15) is 11.8 Å². The third-order valence-corrected chi connectivity index (χ3v) is 5.18. The Morgan fingerprint density at radius 2 is 2.06 bits per heavy atom. The van der Waals surface area contributed by atoms with Gasteiger partial charge in [-0.05, 0) is 12.3 Å². The SMILES string of the molecule is CSCCN(C)S(=O)(=O)c1ccccc1C(N)=S. The minimum Gasteiger partial charge on any atom is -0.389 e. The molecule has 0 saturated carbocycles. The molecule has 0 aliphatic rings. The Morgan fingerprint density at radius 3 is 2.61 bits per heavy atom. The maximum Gasteiger partial charge on any atom is 0.243 e. The lowest BCUT2D eigenvalue weighted by atomic mass is 10.2. The zero-order valence-electron chi connectivity index (χ0n) is 10.3. The number of hydrogen-bond donors (Lipinski definition) is 1. The fraction of sp³-hybridized carbons (Fsp3) is 0.364. The van der Waals surface area contributed by atoms with Crippen LogP contribution in [0.3, 0.4) is 0 Å². The molecule has 100 valence electrons. The van der Waals surface area contributed by atoms with Crippen molar-refractivity contribution >= 4 is 39.0 Å². The summed E-state index contributed by atoms with van der Waals surface area (Å²) in [6, 6.07) is 6.53. The molecule has 1 aromatic rings. The Morgan fingerprint density at radius 1 is 1.44 bits per heavy atom. The summed E-state index contributed by atoms with van der Waals surface area (Å²) >= 11 is 6.48. The number of nitrogens with two attached hydrogens (primary N) is 1. The lowest BCUT2D eigenvalue weighted by molar-refractivity contribution is 0.488. The molecule has 2 N–H and O–H groups in total. The van der Waals surface area contributed by atoms with Gasteiger partial charge in [0.2, 0.25) is 10.0 Å². The fourth-order valence-corrected chi connectivity index (χ4v) is 3.59. The van der Waals surface area contributed by atoms with E-state index < -0.39 is 10.0 Å². The van der Waals surface area contributed by atoms with Gasteiger partial charge >= 0.3 is 0 Å². The van der Waals surface area contributed by atoms with Crippen molar-refractivity contribution in [3.8, 4) is 0 Å². The molecule has 0 aromatic heterocycles. The fourth-order valence-electron chi connectivity index (χ4n) is 1.40. The van der Waals surface area contributed by atoms with E-state index in [1.807, 2.05) is 6.26 Å². The summed E-state index contributed by atoms with van der Waals surface area (Å²) in [5.74, 6) is 0.741. The number of rotatable bonds is 6. The van der Waals surface area contributed by atoms with Crippen molar-refractivity contribution in [1.29, 1.82) is 0 Å². The summed E-state index contributed by atoms with van der Waals surface area (Å²) in [6.45, 7) is 0.454. The van der Waals surface area contributed by atoms with Gasteiger partial charge in [0.15, 0.2) is 0 Å². The van der Waals surface area contributed by atoms with Gasteiger partial charge in [0, 0.05) is 24.9 Å². The molecule has 18 heavy (non-hydrogen) atoms. The van der Waals surface area contributed by atoms with Crippen molar-refractivity contribution in [3.05, 3.63) is 29.8 Å². The van der Waals surface area contributed by atoms with Crippen molar-refractivity contribution in [2.75, 3.05) is 25.6 Å². The lowest BCUT2D eigenvalue weighted by Crippen LogP contribution is -2.30. The van der Waals surface area contributed by atoms with Crippen LogP contribution in [0.15, 0.2) is 29.2 Å². The van der Waals surface area contributed by atoms with Crippen LogP contribution >= 0.6 is 24.0 Å². The molecular formula is C11H16N2O2S3. The number of benzene rings is 1. The second kappa shape index (κ2) is 6.51. The van der Waals surface area contributed by atoms with E-state index >= 15 is 0 Å². The molecule has 0 aliphatic heterocycles. The topological polar surface area (TPSA) is 63.4 Å². The lowest BCUT2D eigenvalue weighted by Gasteiger charge is -2.18. The predicted molar refractivity (Wildman–Crippen MR) is 80.5 cm³/mol. The Labute approximate surface area is 118 Å². The second-order valence-corrected chi connectivity index (χ2v) is 7.12. The van der Waals surface area contributed by atoms with Crippen LogP contribution < -0.4 is 5.73 Å². The van der Waals surface area contributed by atoms with E-state index in [0.717, 1.165) is 5.75 Å². The maximum absolute atomic E-state index is 12.4. The van der Waals surface area contributed by atoms with Gasteiger partial charge in [-0.25, -0.2) is 12.7 Å². The van der Waals surface area contributed by atoms with Crippen molar-refractivity contribution in [1.82, 2.24) is 4.31 Å². The quantitative estimate of drug-likeness (QED) is 0.803. The molecule has 0 heterocycles. The smallest absolute Gasteiger partial charge is 0.243 e. The zero-order chi connectivity index (χ0) is 13.8. The molecule has 0 spiro atoms. The van der Waals surface area contributed by atoms with Crippen LogP contribution in [0.4, 0.5) is 0 Å². The molecule has 0 bridgehead atoms. The molecule has 7 heteroatoms. The zero-order valence-corrected chi connectivity index (χ0v) is 12.7. The summed E-state index contributed by atoms with van der Waals surface area (Å²) in [4.78, 5) is 0.258. The first-order valence-electron chi connectivity index (χ1n) is 5.25. The number of nitrogens with zero attached hydrogens (tertiary/aromatic N) is 1. The van der Waals surface area contributed by atoms with E-state index in [-0.39, 0.29) is 9.88 Å². The van der Waals surface area contributed by atoms with E-state index in [4.69, 9.17) is 18.0 Å². The minimum absolute atomic E-state index is 0.0902. The highest BCUT2D eigenvalue weighted by Crippen LogP contribution is 2.19. The standard InChI is InChI=1S/C11H16N2O2S3/c1-13(7-8-17-2)18(14,15)10-6-4-3-5-9(10)11(12)16/h3-6H,7-8H2,1-2H3,(H2,12,16). The molecule has 0 amide bonds. The normalized spacial score (nSPS) is 11.7. The molecule has 0 unspecified atom stereocenters. The van der Waals surface area contributed by atoms with Crippen molar-refractivity contribution < 1.29 is 8.42 Å². The largest absolute Gasteiger partial charge is 0.389 e. The van der Waals surface area contributed by atoms with Gasteiger partial charge < -0.3 is 5.73 Å². The maximum atomic E-state index is 12.4. The van der Waals surface area contributed by atoms with Gasteiger partial charge in [-0.3, -0.25) is 0 Å². The molecule has 0 saturated heterocycles. The van der Waals surface area contributed by atoms with E-state index in [1.165, 1.54) is 10.4 Å². The number of sulfonamides is 1. The van der Waals surface area contributed by atoms with Crippen LogP contribution in [-0.4, -0.2) is 43.3 Å². The Hall–Kier alpha value is -0.630. The van der Waals surface area contributed by atoms with Crippen molar-refractivity contribution in [3.63, 3.8) is 0 Å². The van der Waals surface area contributed by atoms with E-state index in [2.05, 4.69) is 0 Å². The summed E-state index contributed by atoms with van der Waals surface area (Å²) in [5.41, 5.74) is 5.95. The predicted octanol–water partition coefficient (Wildman–Crippen LogP) is 1.30. The third-order valence-electron chi connectivity index (χ3n) is 2.45. The van der Waals surface area contributed by atoms with E-state index in [0.29, 0.717) is 12.1 Å². The van der Waals surface area contributed by atoms with Crippen molar-refractivity contribution in [2.45, 2.75) is 4.90 Å². The van der Waals surface area contributed by atoms with Gasteiger partial charge in [0.05, 0.1) is 4.90 Å². The summed E-state index contributed by atoms with van der Waals surface area (Å²) in [5, 5.41) is 0. The monoisotopic (exact) mass is 304 g/mol. The van der Waals surface area contributed by atoms with Crippen LogP contribution in [0.5, 0.6) is 0 Å². The van der Waals surface area contributed by atoms with Crippen LogP contribution in [0.25, 0.3) is 0 Å². The molecule has 0 aliphatic carbocycles. The minimum atomic E-state index is -3.53. The first-order chi connectivity index (χ1) is 8.41. The van der Waals surface area contributed by atoms with Crippen LogP contribution in [0.1, 0.15) is 5.56 Å². The van der Waals surface area contributed by atoms with Crippen LogP contribution in [0.2, 0.25) is 0 Å². The molecule has 1 aromatic carbocycles. The van der Waals surface area contributed by atoms with Crippen LogP contribution in [0, 0.1) is 0 Å². The average molecular weight is 304 g/mol. The molecule has 0 fully saturated rings. The highest BCUT2D eigenvalue weighted by Gasteiger charge is 2.23. The van der Waals surface area contributed by atoms with Gasteiger partial charge in [0.25, 0.3) is 0 Å². The number of thiocarbonyl (C=S) groups is 1. The Kier molecular flexibility index (Phi) is 5.58.